The first-order valence-corrected chi connectivity index (χ1v) is 9.40. The molecule has 7 nitrogen and oxygen atoms in total. The molecule has 146 valence electrons. The SMILES string of the molecule is O=C(Nc1cc(-c2ccco2)nn1CCO)C1(c2ccccc2)CCOCC1. The maximum atomic E-state index is 13.4. The number of nitrogens with zero attached hydrogens (tertiary/aromatic N) is 2. The third-order valence-corrected chi connectivity index (χ3v) is 5.21. The number of hydrogen-bond acceptors (Lipinski definition) is 5. The van der Waals surface area contributed by atoms with Crippen molar-refractivity contribution in [2.24, 2.45) is 0 Å². The summed E-state index contributed by atoms with van der Waals surface area (Å²) in [6, 6.07) is 15.2. The first kappa shape index (κ1) is 18.5. The minimum atomic E-state index is -0.654. The Balaban J connectivity index is 1.66. The van der Waals surface area contributed by atoms with Gasteiger partial charge >= 0.3 is 0 Å². The molecule has 1 aliphatic rings. The number of aliphatic hydroxyl groups is 1. The second kappa shape index (κ2) is 8.00. The first-order valence-electron chi connectivity index (χ1n) is 9.40. The fraction of sp³-hybridized carbons (Fsp3) is 0.333. The van der Waals surface area contributed by atoms with Crippen molar-refractivity contribution in [3.8, 4) is 11.5 Å². The van der Waals surface area contributed by atoms with Gasteiger partial charge in [0.15, 0.2) is 5.76 Å². The second-order valence-electron chi connectivity index (χ2n) is 6.85. The lowest BCUT2D eigenvalue weighted by molar-refractivity contribution is -0.125. The Bertz CT molecular complexity index is 913. The molecule has 2 N–H and O–H groups in total. The smallest absolute Gasteiger partial charge is 0.236 e. The predicted molar refractivity (Wildman–Crippen MR) is 104 cm³/mol. The van der Waals surface area contributed by atoms with Crippen LogP contribution in [0.15, 0.2) is 59.2 Å². The zero-order valence-electron chi connectivity index (χ0n) is 15.5. The largest absolute Gasteiger partial charge is 0.463 e. The van der Waals surface area contributed by atoms with Crippen molar-refractivity contribution < 1.29 is 19.1 Å². The van der Waals surface area contributed by atoms with Gasteiger partial charge in [0, 0.05) is 19.3 Å². The van der Waals surface area contributed by atoms with Gasteiger partial charge in [0.05, 0.1) is 24.8 Å². The van der Waals surface area contributed by atoms with E-state index in [9.17, 15) is 9.90 Å². The van der Waals surface area contributed by atoms with Crippen LogP contribution in [0.5, 0.6) is 0 Å². The minimum absolute atomic E-state index is 0.0835. The molecule has 1 aliphatic heterocycles. The summed E-state index contributed by atoms with van der Waals surface area (Å²) in [5.41, 5.74) is 0.934. The van der Waals surface area contributed by atoms with Crippen LogP contribution in [0, 0.1) is 0 Å². The zero-order chi connectivity index (χ0) is 19.4. The van der Waals surface area contributed by atoms with E-state index in [-0.39, 0.29) is 19.1 Å². The summed E-state index contributed by atoms with van der Waals surface area (Å²) >= 11 is 0. The average Bonchev–Trinajstić information content (AvgIpc) is 3.40. The van der Waals surface area contributed by atoms with Crippen LogP contribution < -0.4 is 5.32 Å². The Morgan fingerprint density at radius 2 is 1.96 bits per heavy atom. The first-order chi connectivity index (χ1) is 13.7. The fourth-order valence-corrected chi connectivity index (χ4v) is 3.69. The maximum absolute atomic E-state index is 13.4. The Kier molecular flexibility index (Phi) is 5.27. The van der Waals surface area contributed by atoms with Crippen molar-refractivity contribution in [2.75, 3.05) is 25.1 Å². The molecule has 2 aromatic heterocycles. The number of amides is 1. The molecule has 0 unspecified atom stereocenters. The number of aromatic nitrogens is 2. The highest BCUT2D eigenvalue weighted by molar-refractivity contribution is 5.99. The van der Waals surface area contributed by atoms with Crippen molar-refractivity contribution in [1.29, 1.82) is 0 Å². The molecule has 1 saturated heterocycles. The lowest BCUT2D eigenvalue weighted by Crippen LogP contribution is -2.45. The van der Waals surface area contributed by atoms with E-state index in [1.54, 1.807) is 29.1 Å². The topological polar surface area (TPSA) is 89.5 Å². The molecule has 7 heteroatoms. The van der Waals surface area contributed by atoms with E-state index in [0.29, 0.717) is 43.3 Å². The Morgan fingerprint density at radius 3 is 2.64 bits per heavy atom. The molecule has 0 aliphatic carbocycles. The number of aliphatic hydroxyl groups excluding tert-OH is 1. The molecule has 0 saturated carbocycles. The number of benzene rings is 1. The van der Waals surface area contributed by atoms with E-state index in [4.69, 9.17) is 9.15 Å². The van der Waals surface area contributed by atoms with Gasteiger partial charge in [-0.2, -0.15) is 5.10 Å². The molecule has 4 rings (SSSR count). The highest BCUT2D eigenvalue weighted by Gasteiger charge is 2.42. The van der Waals surface area contributed by atoms with Crippen molar-refractivity contribution in [3.63, 3.8) is 0 Å². The number of ether oxygens (including phenoxy) is 1. The zero-order valence-corrected chi connectivity index (χ0v) is 15.5. The highest BCUT2D eigenvalue weighted by atomic mass is 16.5. The molecule has 3 heterocycles. The molecular formula is C21H23N3O4. The average molecular weight is 381 g/mol. The molecule has 1 aromatic carbocycles. The molecule has 3 aromatic rings. The summed E-state index contributed by atoms with van der Waals surface area (Å²) < 4.78 is 12.5. The molecule has 1 fully saturated rings. The Morgan fingerprint density at radius 1 is 1.18 bits per heavy atom. The summed E-state index contributed by atoms with van der Waals surface area (Å²) in [7, 11) is 0. The van der Waals surface area contributed by atoms with Gasteiger partial charge in [-0.1, -0.05) is 30.3 Å². The summed E-state index contributed by atoms with van der Waals surface area (Å²) in [6.07, 6.45) is 2.80. The van der Waals surface area contributed by atoms with Crippen LogP contribution in [-0.2, 0) is 21.5 Å². The van der Waals surface area contributed by atoms with Crippen LogP contribution in [0.1, 0.15) is 18.4 Å². The van der Waals surface area contributed by atoms with Crippen LogP contribution in [0.25, 0.3) is 11.5 Å². The van der Waals surface area contributed by atoms with Crippen molar-refractivity contribution >= 4 is 11.7 Å². The van der Waals surface area contributed by atoms with Crippen molar-refractivity contribution in [1.82, 2.24) is 9.78 Å². The summed E-state index contributed by atoms with van der Waals surface area (Å²) in [5, 5.41) is 16.9. The normalized spacial score (nSPS) is 16.0. The quantitative estimate of drug-likeness (QED) is 0.685. The van der Waals surface area contributed by atoms with E-state index < -0.39 is 5.41 Å². The van der Waals surface area contributed by atoms with Crippen LogP contribution in [-0.4, -0.2) is 40.6 Å². The number of furan rings is 1. The van der Waals surface area contributed by atoms with Gasteiger partial charge in [-0.25, -0.2) is 4.68 Å². The van der Waals surface area contributed by atoms with Crippen LogP contribution in [0.4, 0.5) is 5.82 Å². The third-order valence-electron chi connectivity index (χ3n) is 5.21. The van der Waals surface area contributed by atoms with Gasteiger partial charge in [0.2, 0.25) is 5.91 Å². The Hall–Kier alpha value is -2.90. The van der Waals surface area contributed by atoms with E-state index in [0.717, 1.165) is 5.56 Å². The van der Waals surface area contributed by atoms with Gasteiger partial charge in [-0.3, -0.25) is 4.79 Å². The fourth-order valence-electron chi connectivity index (χ4n) is 3.69. The second-order valence-corrected chi connectivity index (χ2v) is 6.85. The van der Waals surface area contributed by atoms with Gasteiger partial charge in [0.1, 0.15) is 11.5 Å². The molecule has 0 atom stereocenters. The van der Waals surface area contributed by atoms with E-state index >= 15 is 0 Å². The number of carbonyl (C=O) groups is 1. The lowest BCUT2D eigenvalue weighted by Gasteiger charge is -2.36. The summed E-state index contributed by atoms with van der Waals surface area (Å²) in [4.78, 5) is 13.4. The predicted octanol–water partition coefficient (Wildman–Crippen LogP) is 2.82. The summed E-state index contributed by atoms with van der Waals surface area (Å²) in [6.45, 7) is 1.27. The van der Waals surface area contributed by atoms with E-state index in [1.807, 2.05) is 30.3 Å². The van der Waals surface area contributed by atoms with Crippen LogP contribution in [0.2, 0.25) is 0 Å². The maximum Gasteiger partial charge on any atom is 0.236 e. The minimum Gasteiger partial charge on any atom is -0.463 e. The standard InChI is InChI=1S/C21H23N3O4/c25-11-10-24-19(15-17(23-24)18-7-4-12-28-18)22-20(26)21(8-13-27-14-9-21)16-5-2-1-3-6-16/h1-7,12,15,25H,8-11,13-14H2,(H,22,26). The molecule has 0 spiro atoms. The summed E-state index contributed by atoms with van der Waals surface area (Å²) in [5.74, 6) is 1.05. The Labute approximate surface area is 162 Å². The molecular weight excluding hydrogens is 358 g/mol. The highest BCUT2D eigenvalue weighted by Crippen LogP contribution is 2.36. The van der Waals surface area contributed by atoms with Crippen LogP contribution >= 0.6 is 0 Å². The third kappa shape index (κ3) is 3.46. The number of carbonyl (C=O) groups excluding carboxylic acids is 1. The number of rotatable bonds is 6. The van der Waals surface area contributed by atoms with Crippen molar-refractivity contribution in [3.05, 3.63) is 60.4 Å². The monoisotopic (exact) mass is 381 g/mol. The van der Waals surface area contributed by atoms with E-state index in [2.05, 4.69) is 10.4 Å². The van der Waals surface area contributed by atoms with Crippen molar-refractivity contribution in [2.45, 2.75) is 24.8 Å². The van der Waals surface area contributed by atoms with Gasteiger partial charge in [-0.15, -0.1) is 0 Å². The number of hydrogen-bond donors (Lipinski definition) is 2. The van der Waals surface area contributed by atoms with Gasteiger partial charge in [-0.05, 0) is 30.5 Å². The van der Waals surface area contributed by atoms with Gasteiger partial charge in [0.25, 0.3) is 0 Å². The lowest BCUT2D eigenvalue weighted by atomic mass is 9.73. The molecule has 0 radical (unpaired) electrons. The van der Waals surface area contributed by atoms with Crippen LogP contribution in [0.3, 0.4) is 0 Å². The van der Waals surface area contributed by atoms with Gasteiger partial charge < -0.3 is 19.6 Å². The molecule has 0 bridgehead atoms. The van der Waals surface area contributed by atoms with E-state index in [1.165, 1.54) is 0 Å². The molecule has 1 amide bonds. The number of nitrogens with one attached hydrogen (secondary N) is 1. The molecule has 28 heavy (non-hydrogen) atoms. The number of anilines is 1.